The number of hydrogen-bond acceptors (Lipinski definition) is 6. The third-order valence-electron chi connectivity index (χ3n) is 2.45. The maximum Gasteiger partial charge on any atom is 0.148 e. The van der Waals surface area contributed by atoms with Crippen LogP contribution in [0.5, 0.6) is 0 Å². The topological polar surface area (TPSA) is 87.3 Å². The molecule has 0 atom stereocenters. The predicted octanol–water partition coefficient (Wildman–Crippen LogP) is 0.668. The fourth-order valence-corrected chi connectivity index (χ4v) is 1.71. The van der Waals surface area contributed by atoms with Gasteiger partial charge in [-0.3, -0.25) is 0 Å². The molecule has 0 saturated heterocycles. The molecule has 0 aliphatic rings. The highest BCUT2D eigenvalue weighted by Gasteiger charge is 2.20. The Morgan fingerprint density at radius 1 is 1.47 bits per heavy atom. The zero-order valence-electron chi connectivity index (χ0n) is 10.9. The van der Waals surface area contributed by atoms with Crippen LogP contribution in [0.15, 0.2) is 6.33 Å². The lowest BCUT2D eigenvalue weighted by atomic mass is 10.1. The SMILES string of the molecule is CCN(CC(C)(C)O)c1ncnc(NN)c1C. The molecule has 1 aromatic heterocycles. The van der Waals surface area contributed by atoms with E-state index in [0.29, 0.717) is 12.4 Å². The Labute approximate surface area is 102 Å². The summed E-state index contributed by atoms with van der Waals surface area (Å²) in [6.07, 6.45) is 1.46. The molecule has 0 radical (unpaired) electrons. The van der Waals surface area contributed by atoms with Crippen LogP contribution in [0.2, 0.25) is 0 Å². The zero-order chi connectivity index (χ0) is 13.1. The number of nitrogen functional groups attached to an aromatic ring is 1. The van der Waals surface area contributed by atoms with Gasteiger partial charge in [-0.1, -0.05) is 0 Å². The molecule has 0 bridgehead atoms. The largest absolute Gasteiger partial charge is 0.389 e. The van der Waals surface area contributed by atoms with E-state index in [1.165, 1.54) is 6.33 Å². The van der Waals surface area contributed by atoms with Crippen LogP contribution in [0.1, 0.15) is 26.3 Å². The number of likely N-dealkylation sites (N-methyl/N-ethyl adjacent to an activating group) is 1. The first-order chi connectivity index (χ1) is 7.89. The van der Waals surface area contributed by atoms with Crippen LogP contribution in [-0.4, -0.2) is 33.8 Å². The lowest BCUT2D eigenvalue weighted by molar-refractivity contribution is 0.0874. The Morgan fingerprint density at radius 3 is 2.59 bits per heavy atom. The number of aliphatic hydroxyl groups is 1. The fraction of sp³-hybridized carbons (Fsp3) is 0.636. The Morgan fingerprint density at radius 2 is 2.12 bits per heavy atom. The molecule has 0 unspecified atom stereocenters. The van der Waals surface area contributed by atoms with Gasteiger partial charge in [0.25, 0.3) is 0 Å². The van der Waals surface area contributed by atoms with E-state index in [9.17, 15) is 5.11 Å². The molecule has 1 heterocycles. The molecule has 0 spiro atoms. The summed E-state index contributed by atoms with van der Waals surface area (Å²) in [5.74, 6) is 6.77. The van der Waals surface area contributed by atoms with Crippen LogP contribution in [0.4, 0.5) is 11.6 Å². The molecule has 0 aliphatic heterocycles. The molecule has 0 aliphatic carbocycles. The van der Waals surface area contributed by atoms with Gasteiger partial charge < -0.3 is 15.4 Å². The van der Waals surface area contributed by atoms with Crippen molar-refractivity contribution in [3.63, 3.8) is 0 Å². The van der Waals surface area contributed by atoms with Crippen molar-refractivity contribution in [3.8, 4) is 0 Å². The predicted molar refractivity (Wildman–Crippen MR) is 68.8 cm³/mol. The summed E-state index contributed by atoms with van der Waals surface area (Å²) in [5, 5.41) is 9.87. The van der Waals surface area contributed by atoms with Gasteiger partial charge in [0, 0.05) is 18.7 Å². The van der Waals surface area contributed by atoms with E-state index in [1.54, 1.807) is 13.8 Å². The monoisotopic (exact) mass is 239 g/mol. The quantitative estimate of drug-likeness (QED) is 0.517. The molecular weight excluding hydrogens is 218 g/mol. The molecule has 0 saturated carbocycles. The molecule has 0 aromatic carbocycles. The molecular formula is C11H21N5O. The van der Waals surface area contributed by atoms with E-state index in [2.05, 4.69) is 15.4 Å². The first-order valence-corrected chi connectivity index (χ1v) is 5.64. The molecule has 17 heavy (non-hydrogen) atoms. The molecule has 0 fully saturated rings. The van der Waals surface area contributed by atoms with Gasteiger partial charge in [-0.05, 0) is 27.7 Å². The van der Waals surface area contributed by atoms with Crippen molar-refractivity contribution >= 4 is 11.6 Å². The summed E-state index contributed by atoms with van der Waals surface area (Å²) >= 11 is 0. The molecule has 1 aromatic rings. The van der Waals surface area contributed by atoms with Crippen molar-refractivity contribution in [1.82, 2.24) is 9.97 Å². The van der Waals surface area contributed by atoms with Gasteiger partial charge in [-0.15, -0.1) is 0 Å². The van der Waals surface area contributed by atoms with Crippen molar-refractivity contribution in [1.29, 1.82) is 0 Å². The van der Waals surface area contributed by atoms with E-state index in [-0.39, 0.29) is 0 Å². The second-order valence-corrected chi connectivity index (χ2v) is 4.64. The van der Waals surface area contributed by atoms with Gasteiger partial charge >= 0.3 is 0 Å². The third-order valence-corrected chi connectivity index (χ3v) is 2.45. The van der Waals surface area contributed by atoms with E-state index < -0.39 is 5.60 Å². The van der Waals surface area contributed by atoms with Crippen molar-refractivity contribution in [2.75, 3.05) is 23.4 Å². The normalized spacial score (nSPS) is 11.4. The molecule has 96 valence electrons. The van der Waals surface area contributed by atoms with Gasteiger partial charge in [0.2, 0.25) is 0 Å². The Kier molecular flexibility index (Phi) is 4.25. The summed E-state index contributed by atoms with van der Waals surface area (Å²) < 4.78 is 0. The summed E-state index contributed by atoms with van der Waals surface area (Å²) in [6.45, 7) is 8.72. The average Bonchev–Trinajstić information content (AvgIpc) is 2.25. The van der Waals surface area contributed by atoms with Crippen LogP contribution in [0.25, 0.3) is 0 Å². The smallest absolute Gasteiger partial charge is 0.148 e. The first-order valence-electron chi connectivity index (χ1n) is 5.64. The number of anilines is 2. The van der Waals surface area contributed by atoms with Crippen molar-refractivity contribution < 1.29 is 5.11 Å². The first kappa shape index (κ1) is 13.7. The molecule has 6 heteroatoms. The highest BCUT2D eigenvalue weighted by molar-refractivity contribution is 5.57. The van der Waals surface area contributed by atoms with E-state index in [4.69, 9.17) is 5.84 Å². The van der Waals surface area contributed by atoms with Crippen LogP contribution < -0.4 is 16.2 Å². The summed E-state index contributed by atoms with van der Waals surface area (Å²) in [7, 11) is 0. The number of nitrogens with one attached hydrogen (secondary N) is 1. The minimum Gasteiger partial charge on any atom is -0.389 e. The maximum atomic E-state index is 9.87. The fourth-order valence-electron chi connectivity index (χ4n) is 1.71. The zero-order valence-corrected chi connectivity index (χ0v) is 10.9. The second-order valence-electron chi connectivity index (χ2n) is 4.64. The van der Waals surface area contributed by atoms with Gasteiger partial charge in [-0.25, -0.2) is 15.8 Å². The van der Waals surface area contributed by atoms with Crippen molar-refractivity contribution in [2.45, 2.75) is 33.3 Å². The van der Waals surface area contributed by atoms with E-state index >= 15 is 0 Å². The summed E-state index contributed by atoms with van der Waals surface area (Å²) in [5.41, 5.74) is 2.64. The third kappa shape index (κ3) is 3.54. The van der Waals surface area contributed by atoms with Gasteiger partial charge in [0.1, 0.15) is 18.0 Å². The van der Waals surface area contributed by atoms with Gasteiger partial charge in [0.05, 0.1) is 5.60 Å². The van der Waals surface area contributed by atoms with E-state index in [1.807, 2.05) is 18.7 Å². The molecule has 6 nitrogen and oxygen atoms in total. The highest BCUT2D eigenvalue weighted by Crippen LogP contribution is 2.22. The van der Waals surface area contributed by atoms with Crippen LogP contribution in [0.3, 0.4) is 0 Å². The van der Waals surface area contributed by atoms with Gasteiger partial charge in [-0.2, -0.15) is 0 Å². The van der Waals surface area contributed by atoms with Crippen LogP contribution in [-0.2, 0) is 0 Å². The second kappa shape index (κ2) is 5.29. The number of hydrogen-bond donors (Lipinski definition) is 3. The highest BCUT2D eigenvalue weighted by atomic mass is 16.3. The lowest BCUT2D eigenvalue weighted by Crippen LogP contribution is -2.39. The van der Waals surface area contributed by atoms with Crippen molar-refractivity contribution in [2.24, 2.45) is 5.84 Å². The lowest BCUT2D eigenvalue weighted by Gasteiger charge is -2.30. The number of nitrogens with two attached hydrogens (primary N) is 1. The summed E-state index contributed by atoms with van der Waals surface area (Å²) in [4.78, 5) is 10.3. The molecule has 4 N–H and O–H groups in total. The molecule has 0 amide bonds. The number of aromatic nitrogens is 2. The van der Waals surface area contributed by atoms with Crippen LogP contribution >= 0.6 is 0 Å². The van der Waals surface area contributed by atoms with E-state index in [0.717, 1.165) is 17.9 Å². The maximum absolute atomic E-state index is 9.87. The van der Waals surface area contributed by atoms with Crippen LogP contribution in [0, 0.1) is 6.92 Å². The van der Waals surface area contributed by atoms with Gasteiger partial charge in [0.15, 0.2) is 0 Å². The number of nitrogens with zero attached hydrogens (tertiary/aromatic N) is 3. The minimum absolute atomic E-state index is 0.505. The Balaban J connectivity index is 3.04. The Bertz CT molecular complexity index is 375. The summed E-state index contributed by atoms with van der Waals surface area (Å²) in [6, 6.07) is 0. The standard InChI is InChI=1S/C11H21N5O/c1-5-16(6-11(3,4)17)10-8(2)9(15-12)13-7-14-10/h7,17H,5-6,12H2,1-4H3,(H,13,14,15). The van der Waals surface area contributed by atoms with Crippen molar-refractivity contribution in [3.05, 3.63) is 11.9 Å². The number of rotatable bonds is 5. The molecule has 1 rings (SSSR count). The number of hydrazine groups is 1. The Hall–Kier alpha value is -1.40. The minimum atomic E-state index is -0.774. The average molecular weight is 239 g/mol.